The maximum atomic E-state index is 10.7. The van der Waals surface area contributed by atoms with Crippen molar-refractivity contribution in [1.82, 2.24) is 4.98 Å². The summed E-state index contributed by atoms with van der Waals surface area (Å²) in [5.74, 6) is 0.904. The lowest BCUT2D eigenvalue weighted by Gasteiger charge is -2.30. The molecule has 1 aliphatic rings. The average Bonchev–Trinajstić information content (AvgIpc) is 2.90. The normalized spacial score (nSPS) is 15.9. The predicted molar refractivity (Wildman–Crippen MR) is 71.0 cm³/mol. The van der Waals surface area contributed by atoms with Crippen LogP contribution in [0.1, 0.15) is 41.6 Å². The van der Waals surface area contributed by atoms with Gasteiger partial charge in [-0.1, -0.05) is 12.8 Å². The molecule has 0 spiro atoms. The summed E-state index contributed by atoms with van der Waals surface area (Å²) >= 11 is 0. The zero-order valence-corrected chi connectivity index (χ0v) is 10.8. The van der Waals surface area contributed by atoms with Gasteiger partial charge in [0.05, 0.1) is 6.61 Å². The van der Waals surface area contributed by atoms with Crippen LogP contribution in [0.25, 0.3) is 0 Å². The fourth-order valence-corrected chi connectivity index (χ4v) is 2.74. The molecule has 0 atom stereocenters. The van der Waals surface area contributed by atoms with Gasteiger partial charge in [0, 0.05) is 24.3 Å². The number of aryl methyl sites for hydroxylation is 1. The number of hydrogen-bond donors (Lipinski definition) is 1. The second-order valence-electron chi connectivity index (χ2n) is 4.88. The van der Waals surface area contributed by atoms with Crippen molar-refractivity contribution in [3.05, 3.63) is 23.4 Å². The number of aldehydes is 1. The van der Waals surface area contributed by atoms with Crippen LogP contribution < -0.4 is 4.90 Å². The lowest BCUT2D eigenvalue weighted by atomic mass is 10.1. The Balaban J connectivity index is 2.26. The van der Waals surface area contributed by atoms with Crippen molar-refractivity contribution in [2.45, 2.75) is 38.6 Å². The molecule has 1 saturated carbocycles. The lowest BCUT2D eigenvalue weighted by Crippen LogP contribution is -2.36. The average molecular weight is 248 g/mol. The first kappa shape index (κ1) is 13.0. The van der Waals surface area contributed by atoms with Crippen molar-refractivity contribution in [3.63, 3.8) is 0 Å². The van der Waals surface area contributed by atoms with Crippen LogP contribution in [0.4, 0.5) is 5.82 Å². The van der Waals surface area contributed by atoms with E-state index in [2.05, 4.69) is 9.88 Å². The van der Waals surface area contributed by atoms with E-state index in [1.165, 1.54) is 12.8 Å². The van der Waals surface area contributed by atoms with Crippen LogP contribution in [0.15, 0.2) is 12.3 Å². The van der Waals surface area contributed by atoms with Gasteiger partial charge < -0.3 is 10.0 Å². The van der Waals surface area contributed by atoms with Gasteiger partial charge in [-0.25, -0.2) is 4.98 Å². The molecule has 0 radical (unpaired) electrons. The molecule has 0 unspecified atom stereocenters. The Bertz CT molecular complexity index is 414. The van der Waals surface area contributed by atoms with Crippen LogP contribution in [-0.4, -0.2) is 35.6 Å². The SMILES string of the molecule is Cc1cc(C=O)cnc1N(CCO)C1CCCC1. The van der Waals surface area contributed by atoms with Gasteiger partial charge in [-0.15, -0.1) is 0 Å². The number of carbonyl (C=O) groups excluding carboxylic acids is 1. The van der Waals surface area contributed by atoms with Crippen LogP contribution in [0.5, 0.6) is 0 Å². The molecule has 0 aromatic carbocycles. The topological polar surface area (TPSA) is 53.4 Å². The van der Waals surface area contributed by atoms with E-state index in [1.807, 2.05) is 13.0 Å². The molecule has 1 N–H and O–H groups in total. The summed E-state index contributed by atoms with van der Waals surface area (Å²) < 4.78 is 0. The van der Waals surface area contributed by atoms with Gasteiger partial charge in [0.1, 0.15) is 5.82 Å². The molecule has 2 rings (SSSR count). The van der Waals surface area contributed by atoms with Gasteiger partial charge >= 0.3 is 0 Å². The summed E-state index contributed by atoms with van der Waals surface area (Å²) in [5, 5.41) is 9.22. The maximum absolute atomic E-state index is 10.7. The number of pyridine rings is 1. The molecule has 4 heteroatoms. The molecule has 18 heavy (non-hydrogen) atoms. The molecular formula is C14H20N2O2. The number of anilines is 1. The van der Waals surface area contributed by atoms with Crippen molar-refractivity contribution in [1.29, 1.82) is 0 Å². The van der Waals surface area contributed by atoms with Gasteiger partial charge in [0.15, 0.2) is 6.29 Å². The van der Waals surface area contributed by atoms with E-state index >= 15 is 0 Å². The van der Waals surface area contributed by atoms with Crippen molar-refractivity contribution in [2.24, 2.45) is 0 Å². The van der Waals surface area contributed by atoms with Crippen LogP contribution in [0.2, 0.25) is 0 Å². The zero-order chi connectivity index (χ0) is 13.0. The van der Waals surface area contributed by atoms with E-state index in [1.54, 1.807) is 6.20 Å². The summed E-state index contributed by atoms with van der Waals surface area (Å²) in [4.78, 5) is 17.3. The first-order valence-corrected chi connectivity index (χ1v) is 6.55. The Labute approximate surface area is 108 Å². The third-order valence-corrected chi connectivity index (χ3v) is 3.59. The number of aliphatic hydroxyl groups excluding tert-OH is 1. The molecule has 0 bridgehead atoms. The van der Waals surface area contributed by atoms with E-state index in [4.69, 9.17) is 0 Å². The quantitative estimate of drug-likeness (QED) is 0.809. The molecular weight excluding hydrogens is 228 g/mol. The van der Waals surface area contributed by atoms with E-state index in [0.717, 1.165) is 30.5 Å². The Hall–Kier alpha value is -1.42. The third kappa shape index (κ3) is 2.70. The van der Waals surface area contributed by atoms with E-state index < -0.39 is 0 Å². The predicted octanol–water partition coefficient (Wildman–Crippen LogP) is 1.94. The van der Waals surface area contributed by atoms with Gasteiger partial charge in [-0.2, -0.15) is 0 Å². The second kappa shape index (κ2) is 5.96. The Morgan fingerprint density at radius 2 is 2.22 bits per heavy atom. The highest BCUT2D eigenvalue weighted by atomic mass is 16.3. The molecule has 0 saturated heterocycles. The number of nitrogens with zero attached hydrogens (tertiary/aromatic N) is 2. The molecule has 1 fully saturated rings. The number of rotatable bonds is 5. The largest absolute Gasteiger partial charge is 0.395 e. The highest BCUT2D eigenvalue weighted by molar-refractivity contribution is 5.75. The molecule has 1 aromatic rings. The lowest BCUT2D eigenvalue weighted by molar-refractivity contribution is 0.112. The third-order valence-electron chi connectivity index (χ3n) is 3.59. The fourth-order valence-electron chi connectivity index (χ4n) is 2.74. The molecule has 1 aromatic heterocycles. The molecule has 0 aliphatic heterocycles. The number of carbonyl (C=O) groups is 1. The standard InChI is InChI=1S/C14H20N2O2/c1-11-8-12(10-18)9-15-14(11)16(6-7-17)13-4-2-3-5-13/h8-10,13,17H,2-7H2,1H3. The van der Waals surface area contributed by atoms with Crippen molar-refractivity contribution in [2.75, 3.05) is 18.1 Å². The number of aromatic nitrogens is 1. The monoisotopic (exact) mass is 248 g/mol. The van der Waals surface area contributed by atoms with Crippen LogP contribution in [0, 0.1) is 6.92 Å². The van der Waals surface area contributed by atoms with E-state index in [9.17, 15) is 9.90 Å². The smallest absolute Gasteiger partial charge is 0.151 e. The number of aliphatic hydroxyl groups is 1. The summed E-state index contributed by atoms with van der Waals surface area (Å²) in [6, 6.07) is 2.33. The summed E-state index contributed by atoms with van der Waals surface area (Å²) in [5.41, 5.74) is 1.60. The molecule has 0 amide bonds. The Morgan fingerprint density at radius 1 is 1.50 bits per heavy atom. The molecule has 1 aliphatic carbocycles. The van der Waals surface area contributed by atoms with Gasteiger partial charge in [0.25, 0.3) is 0 Å². The summed E-state index contributed by atoms with van der Waals surface area (Å²) in [6.45, 7) is 2.71. The Kier molecular flexibility index (Phi) is 4.31. The van der Waals surface area contributed by atoms with E-state index in [-0.39, 0.29) is 6.61 Å². The van der Waals surface area contributed by atoms with Gasteiger partial charge in [0.2, 0.25) is 0 Å². The molecule has 98 valence electrons. The summed E-state index contributed by atoms with van der Waals surface area (Å²) in [6.07, 6.45) is 7.24. The first-order chi connectivity index (χ1) is 8.76. The van der Waals surface area contributed by atoms with Crippen LogP contribution in [-0.2, 0) is 0 Å². The minimum atomic E-state index is 0.132. The van der Waals surface area contributed by atoms with Crippen molar-refractivity contribution < 1.29 is 9.90 Å². The maximum Gasteiger partial charge on any atom is 0.151 e. The van der Waals surface area contributed by atoms with E-state index in [0.29, 0.717) is 18.2 Å². The Morgan fingerprint density at radius 3 is 2.78 bits per heavy atom. The highest BCUT2D eigenvalue weighted by Gasteiger charge is 2.24. The van der Waals surface area contributed by atoms with Crippen LogP contribution in [0.3, 0.4) is 0 Å². The summed E-state index contributed by atoms with van der Waals surface area (Å²) in [7, 11) is 0. The minimum Gasteiger partial charge on any atom is -0.395 e. The number of hydrogen-bond acceptors (Lipinski definition) is 4. The fraction of sp³-hybridized carbons (Fsp3) is 0.571. The van der Waals surface area contributed by atoms with Crippen LogP contribution >= 0.6 is 0 Å². The van der Waals surface area contributed by atoms with Crippen molar-refractivity contribution in [3.8, 4) is 0 Å². The second-order valence-corrected chi connectivity index (χ2v) is 4.88. The zero-order valence-electron chi connectivity index (χ0n) is 10.8. The molecule has 1 heterocycles. The molecule has 4 nitrogen and oxygen atoms in total. The van der Waals surface area contributed by atoms with Gasteiger partial charge in [-0.05, 0) is 31.4 Å². The van der Waals surface area contributed by atoms with Crippen molar-refractivity contribution >= 4 is 12.1 Å². The van der Waals surface area contributed by atoms with Gasteiger partial charge in [-0.3, -0.25) is 4.79 Å². The highest BCUT2D eigenvalue weighted by Crippen LogP contribution is 2.28. The first-order valence-electron chi connectivity index (χ1n) is 6.55. The minimum absolute atomic E-state index is 0.132.